The number of hydrogen-bond donors (Lipinski definition) is 4. The molecule has 45 heteroatoms. The van der Waals surface area contributed by atoms with E-state index < -0.39 is 293 Å². The molecule has 5 fully saturated rings. The molecule has 10 unspecified atom stereocenters. The number of hydrogen-bond acceptors (Lipinski definition) is 42. The Balaban J connectivity index is 1.65. The number of esters is 13. The lowest BCUT2D eigenvalue weighted by molar-refractivity contribution is -0.401. The van der Waals surface area contributed by atoms with Crippen LogP contribution in [0.4, 0.5) is 0 Å². The molecule has 3 amide bonds. The summed E-state index contributed by atoms with van der Waals surface area (Å²) in [6, 6.07) is -4.69. The summed E-state index contributed by atoms with van der Waals surface area (Å²) in [6.45, 7) is 12.2. The van der Waals surface area contributed by atoms with Crippen LogP contribution in [-0.2, 0) is 183 Å². The molecule has 1 aromatic rings. The van der Waals surface area contributed by atoms with Gasteiger partial charge in [-0.15, -0.1) is 11.8 Å². The van der Waals surface area contributed by atoms with E-state index >= 15 is 14.4 Å². The number of rotatable bonds is 39. The fourth-order valence-corrected chi connectivity index (χ4v) is 15.5. The largest absolute Gasteiger partial charge is 0.493 e. The summed E-state index contributed by atoms with van der Waals surface area (Å²) < 4.78 is 138. The fraction of sp³-hybridized carbons (Fsp3) is 0.701. The maximum Gasteiger partial charge on any atom is 0.367 e. The third kappa shape index (κ3) is 26.7. The van der Waals surface area contributed by atoms with Crippen molar-refractivity contribution in [2.75, 3.05) is 67.7 Å². The smallest absolute Gasteiger partial charge is 0.367 e. The van der Waals surface area contributed by atoms with Crippen LogP contribution >= 0.6 is 11.8 Å². The molecule has 24 atom stereocenters. The summed E-state index contributed by atoms with van der Waals surface area (Å²) in [5.41, 5.74) is 0.583. The predicted octanol–water partition coefficient (Wildman–Crippen LogP) is -0.445. The van der Waals surface area contributed by atoms with Gasteiger partial charge in [0.15, 0.2) is 66.3 Å². The molecule has 0 aromatic heterocycles. The summed E-state index contributed by atoms with van der Waals surface area (Å²) >= 11 is 1.34. The molecule has 682 valence electrons. The van der Waals surface area contributed by atoms with E-state index in [0.717, 1.165) is 104 Å². The summed E-state index contributed by atoms with van der Waals surface area (Å²) in [5.74, 6) is -24.0. The Morgan fingerprint density at radius 2 is 1.01 bits per heavy atom. The second kappa shape index (κ2) is 45.3. The lowest BCUT2D eigenvalue weighted by atomic mass is 9.86. The van der Waals surface area contributed by atoms with E-state index in [4.69, 9.17) is 109 Å². The molecule has 6 rings (SSSR count). The monoisotopic (exact) mass is 1760 g/mol. The SMILES string of the molecule is CCC(Cc1c(SC)cc(OC)c(OC)c1OC)C(=O)[C@@H](C)NCC1OC(CO[C@]2(C(=O)OC)C[C@H](OC(C)=O)C(NC(C)=O)C([C@H](OC(C)=O)[C@@H](COC(C)=O)OC(C)=O)O2)[C@H](OC(C)=O)[C@H](OC2OC(COC(C)=O)[C@@H]3OC(=O)[C@]4(CC(OC(C)=O)C(NC(C)=O)C([C@H](OC(C)=O)[C@@H](COC(C)=O)OC(C)=O)O4)O[C@@H]3[C@H]2OC(C)=O)[C@H]1NC(C)=O. The highest BCUT2D eigenvalue weighted by atomic mass is 32.2. The zero-order chi connectivity index (χ0) is 91.3. The van der Waals surface area contributed by atoms with Crippen molar-refractivity contribution < 1.29 is 190 Å². The van der Waals surface area contributed by atoms with Crippen LogP contribution in [0.1, 0.15) is 136 Å². The van der Waals surface area contributed by atoms with Crippen LogP contribution in [0.2, 0.25) is 0 Å². The third-order valence-electron chi connectivity index (χ3n) is 19.5. The van der Waals surface area contributed by atoms with Gasteiger partial charge in [-0.1, -0.05) is 6.92 Å². The first-order chi connectivity index (χ1) is 57.3. The van der Waals surface area contributed by atoms with Crippen molar-refractivity contribution in [3.05, 3.63) is 11.6 Å². The standard InChI is InChI=1S/C77H108N4O40S/c1-22-47(23-48-57(122-21)24-49(99-17)63(101-19)62(48)100-18)61(96)32(2)78-27-52-60(81-35(5)84)68(64(111-43(13)92)56(115-52)31-106-76(74(97)102-20)25-50(107-39(9)88)58(79-33(3)82)69(119-76)65(112-44(14)93)53(109-41(11)90)28-103-36(6)85)117-73-72(114-46(16)95)71-67(55(116-73)30-105-38(8)87)118-75(98)77(121-71)26-51(108-40(10)89)59(80-34(4)83)70(120-77)66(113-45(15)94)54(110-42(12)91)29-104-37(7)86/h24,32,47,50-56,58-60,64-73,78H,22-23,25-31H2,1-21H3,(H,79,82)(H,80,83)(H,81,84)/t32-,47?,50+,51?,52?,53-,54-,55?,56?,58?,59?,60+,64+,65-,66-,67+,68-,69?,70?,71+,72-,73?,76-,77+/m1/s1. The minimum Gasteiger partial charge on any atom is -0.493 e. The highest BCUT2D eigenvalue weighted by Crippen LogP contribution is 2.48. The van der Waals surface area contributed by atoms with Crippen LogP contribution in [-0.4, -0.2) is 308 Å². The Morgan fingerprint density at radius 3 is 1.46 bits per heavy atom. The average molecular weight is 1760 g/mol. The zero-order valence-corrected chi connectivity index (χ0v) is 72.2. The molecular formula is C77H108N4O40S. The van der Waals surface area contributed by atoms with Crippen LogP contribution in [0.25, 0.3) is 0 Å². The zero-order valence-electron chi connectivity index (χ0n) is 71.4. The lowest BCUT2D eigenvalue weighted by Crippen LogP contribution is -2.75. The number of Topliss-reactive ketones (excluding diaryl/α,β-unsaturated/α-hetero) is 1. The van der Waals surface area contributed by atoms with Crippen molar-refractivity contribution in [3.63, 3.8) is 0 Å². The van der Waals surface area contributed by atoms with E-state index in [-0.39, 0.29) is 24.3 Å². The van der Waals surface area contributed by atoms with Crippen LogP contribution in [0.5, 0.6) is 17.2 Å². The van der Waals surface area contributed by atoms with Gasteiger partial charge >= 0.3 is 77.6 Å². The minimum absolute atomic E-state index is 0.0666. The lowest BCUT2D eigenvalue weighted by Gasteiger charge is -2.55. The predicted molar refractivity (Wildman–Crippen MR) is 404 cm³/mol. The molecule has 0 saturated carbocycles. The molecule has 0 bridgehead atoms. The molecule has 0 aliphatic carbocycles. The summed E-state index contributed by atoms with van der Waals surface area (Å²) in [6.07, 6.45) is -34.0. The molecule has 1 spiro atoms. The molecule has 5 saturated heterocycles. The number of amides is 3. The highest BCUT2D eigenvalue weighted by Gasteiger charge is 2.68. The van der Waals surface area contributed by atoms with Crippen LogP contribution in [0.3, 0.4) is 0 Å². The van der Waals surface area contributed by atoms with Crippen molar-refractivity contribution >= 4 is 113 Å². The number of ketones is 1. The number of methoxy groups -OCH3 is 4. The molecular weight excluding hydrogens is 1650 g/mol. The van der Waals surface area contributed by atoms with E-state index in [1.165, 1.54) is 40.0 Å². The van der Waals surface area contributed by atoms with Crippen molar-refractivity contribution in [3.8, 4) is 17.2 Å². The first-order valence-electron chi connectivity index (χ1n) is 38.5. The summed E-state index contributed by atoms with van der Waals surface area (Å²) in [7, 11) is 5.13. The van der Waals surface area contributed by atoms with E-state index in [9.17, 15) is 67.1 Å². The Hall–Kier alpha value is -10.2. The number of thioether (sulfide) groups is 1. The van der Waals surface area contributed by atoms with Gasteiger partial charge in [0, 0.05) is 120 Å². The highest BCUT2D eigenvalue weighted by molar-refractivity contribution is 7.98. The van der Waals surface area contributed by atoms with Crippen molar-refractivity contribution in [2.24, 2.45) is 5.92 Å². The third-order valence-corrected chi connectivity index (χ3v) is 20.3. The minimum atomic E-state index is -3.07. The van der Waals surface area contributed by atoms with Crippen LogP contribution in [0, 0.1) is 5.92 Å². The maximum atomic E-state index is 15.3. The molecule has 5 aliphatic rings. The number of benzene rings is 1. The number of nitrogens with one attached hydrogen (secondary N) is 4. The summed E-state index contributed by atoms with van der Waals surface area (Å²) in [4.78, 5) is 232. The molecule has 5 heterocycles. The van der Waals surface area contributed by atoms with Gasteiger partial charge in [0.2, 0.25) is 23.5 Å². The quantitative estimate of drug-likeness (QED) is 0.0368. The first-order valence-corrected chi connectivity index (χ1v) is 39.7. The van der Waals surface area contributed by atoms with Gasteiger partial charge in [0.25, 0.3) is 11.6 Å². The normalized spacial score (nSPS) is 28.0. The first kappa shape index (κ1) is 101. The van der Waals surface area contributed by atoms with Crippen LogP contribution < -0.4 is 35.5 Å². The van der Waals surface area contributed by atoms with Gasteiger partial charge in [0.05, 0.1) is 78.2 Å². The summed E-state index contributed by atoms with van der Waals surface area (Å²) in [5, 5.41) is 11.0. The molecule has 1 aromatic carbocycles. The number of carbonyl (C=O) groups excluding carboxylic acids is 17. The van der Waals surface area contributed by atoms with Gasteiger partial charge in [0.1, 0.15) is 68.7 Å². The number of carbonyl (C=O) groups is 17. The van der Waals surface area contributed by atoms with Crippen molar-refractivity contribution in [1.82, 2.24) is 21.3 Å². The van der Waals surface area contributed by atoms with E-state index in [1.54, 1.807) is 19.2 Å². The molecule has 44 nitrogen and oxygen atoms in total. The van der Waals surface area contributed by atoms with Gasteiger partial charge in [-0.3, -0.25) is 71.9 Å². The van der Waals surface area contributed by atoms with Crippen LogP contribution in [0.15, 0.2) is 11.0 Å². The van der Waals surface area contributed by atoms with E-state index in [1.807, 2.05) is 0 Å². The van der Waals surface area contributed by atoms with E-state index in [0.29, 0.717) is 16.2 Å². The second-order valence-electron chi connectivity index (χ2n) is 28.8. The van der Waals surface area contributed by atoms with Gasteiger partial charge in [-0.2, -0.15) is 0 Å². The molecule has 4 N–H and O–H groups in total. The van der Waals surface area contributed by atoms with Gasteiger partial charge in [-0.25, -0.2) is 9.59 Å². The van der Waals surface area contributed by atoms with Crippen molar-refractivity contribution in [2.45, 2.75) is 281 Å². The van der Waals surface area contributed by atoms with Gasteiger partial charge < -0.3 is 130 Å². The Bertz CT molecular complexity index is 3990. The van der Waals surface area contributed by atoms with Crippen molar-refractivity contribution in [1.29, 1.82) is 0 Å². The Kier molecular flexibility index (Phi) is 37.4. The second-order valence-corrected chi connectivity index (χ2v) is 29.7. The number of ether oxygens (including phenoxy) is 23. The number of fused-ring (bicyclic) bond motifs is 1. The fourth-order valence-electron chi connectivity index (χ4n) is 14.9. The Morgan fingerprint density at radius 1 is 0.516 bits per heavy atom. The van der Waals surface area contributed by atoms with E-state index in [2.05, 4.69) is 21.3 Å². The average Bonchev–Trinajstić information content (AvgIpc) is 0.725. The molecule has 0 radical (unpaired) electrons. The molecule has 122 heavy (non-hydrogen) atoms. The Labute approximate surface area is 705 Å². The topological polar surface area (TPSA) is 551 Å². The molecule has 5 aliphatic heterocycles. The van der Waals surface area contributed by atoms with Gasteiger partial charge in [-0.05, 0) is 32.1 Å². The maximum absolute atomic E-state index is 15.3.